The first-order valence-electron chi connectivity index (χ1n) is 8.19. The Kier molecular flexibility index (Phi) is 4.91. The molecule has 7 heteroatoms. The van der Waals surface area contributed by atoms with E-state index in [2.05, 4.69) is 0 Å². The third-order valence-electron chi connectivity index (χ3n) is 4.29. The summed E-state index contributed by atoms with van der Waals surface area (Å²) in [7, 11) is 0. The lowest BCUT2D eigenvalue weighted by atomic mass is 10.0. The number of ketones is 1. The van der Waals surface area contributed by atoms with Crippen LogP contribution < -0.4 is 10.5 Å². The van der Waals surface area contributed by atoms with Crippen molar-refractivity contribution in [2.24, 2.45) is 11.7 Å². The first-order chi connectivity index (χ1) is 12.3. The number of alkyl halides is 3. The van der Waals surface area contributed by atoms with E-state index in [1.807, 2.05) is 0 Å². The van der Waals surface area contributed by atoms with Gasteiger partial charge in [-0.15, -0.1) is 0 Å². The zero-order valence-electron chi connectivity index (χ0n) is 13.8. The number of halogens is 3. The van der Waals surface area contributed by atoms with Crippen LogP contribution in [0, 0.1) is 5.92 Å². The summed E-state index contributed by atoms with van der Waals surface area (Å²) in [5.41, 5.74) is 5.43. The predicted octanol–water partition coefficient (Wildman–Crippen LogP) is 4.04. The van der Waals surface area contributed by atoms with E-state index in [4.69, 9.17) is 10.5 Å². The van der Waals surface area contributed by atoms with E-state index in [-0.39, 0.29) is 18.1 Å². The van der Waals surface area contributed by atoms with Crippen molar-refractivity contribution >= 4 is 5.78 Å². The fraction of sp³-hybridized carbons (Fsp3) is 0.316. The van der Waals surface area contributed by atoms with E-state index < -0.39 is 29.0 Å². The molecule has 1 aliphatic rings. The number of hydrogen-bond donors (Lipinski definition) is 2. The average Bonchev–Trinajstić information content (AvgIpc) is 3.43. The van der Waals surface area contributed by atoms with Crippen molar-refractivity contribution in [2.45, 2.75) is 32.2 Å². The quantitative estimate of drug-likeness (QED) is 0.758. The summed E-state index contributed by atoms with van der Waals surface area (Å²) in [6.07, 6.45) is -3.57. The fourth-order valence-corrected chi connectivity index (χ4v) is 2.66. The van der Waals surface area contributed by atoms with Gasteiger partial charge < -0.3 is 15.6 Å². The molecule has 0 amide bonds. The van der Waals surface area contributed by atoms with Crippen LogP contribution in [-0.4, -0.2) is 10.9 Å². The largest absolute Gasteiger partial charge is 0.506 e. The molecule has 0 aromatic heterocycles. The number of phenolic OH excluding ortho intramolecular Hbond substituents is 1. The number of nitrogens with two attached hydrogens (primary N) is 1. The zero-order chi connectivity index (χ0) is 18.9. The van der Waals surface area contributed by atoms with Crippen LogP contribution in [0.1, 0.15) is 39.9 Å². The van der Waals surface area contributed by atoms with Crippen molar-refractivity contribution in [1.29, 1.82) is 0 Å². The maximum Gasteiger partial charge on any atom is 0.423 e. The smallest absolute Gasteiger partial charge is 0.423 e. The Morgan fingerprint density at radius 1 is 1.12 bits per heavy atom. The van der Waals surface area contributed by atoms with E-state index in [0.29, 0.717) is 24.9 Å². The van der Waals surface area contributed by atoms with Gasteiger partial charge in [-0.3, -0.25) is 4.79 Å². The first kappa shape index (κ1) is 18.3. The molecule has 3 rings (SSSR count). The molecule has 0 unspecified atom stereocenters. The van der Waals surface area contributed by atoms with Gasteiger partial charge in [0.2, 0.25) is 0 Å². The van der Waals surface area contributed by atoms with Crippen LogP contribution >= 0.6 is 0 Å². The Morgan fingerprint density at radius 3 is 2.27 bits per heavy atom. The molecule has 0 saturated heterocycles. The molecular formula is C19H18F3NO3. The van der Waals surface area contributed by atoms with Crippen molar-refractivity contribution in [1.82, 2.24) is 0 Å². The molecule has 2 aromatic carbocycles. The predicted molar refractivity (Wildman–Crippen MR) is 88.8 cm³/mol. The lowest BCUT2D eigenvalue weighted by molar-refractivity contribution is -0.140. The van der Waals surface area contributed by atoms with Crippen molar-refractivity contribution in [3.63, 3.8) is 0 Å². The summed E-state index contributed by atoms with van der Waals surface area (Å²) in [6, 6.07) is 9.22. The van der Waals surface area contributed by atoms with Crippen LogP contribution in [0.2, 0.25) is 0 Å². The number of hydrogen-bond acceptors (Lipinski definition) is 4. The zero-order valence-corrected chi connectivity index (χ0v) is 13.8. The van der Waals surface area contributed by atoms with E-state index >= 15 is 0 Å². The summed E-state index contributed by atoms with van der Waals surface area (Å²) in [4.78, 5) is 12.1. The van der Waals surface area contributed by atoms with Gasteiger partial charge in [-0.1, -0.05) is 24.3 Å². The first-order valence-corrected chi connectivity index (χ1v) is 8.19. The van der Waals surface area contributed by atoms with Crippen molar-refractivity contribution in [3.8, 4) is 11.5 Å². The Balaban J connectivity index is 1.87. The summed E-state index contributed by atoms with van der Waals surface area (Å²) in [5, 5.41) is 10.1. The van der Waals surface area contributed by atoms with Gasteiger partial charge in [-0.05, 0) is 36.1 Å². The maximum atomic E-state index is 13.4. The summed E-state index contributed by atoms with van der Waals surface area (Å²) < 4.78 is 45.6. The van der Waals surface area contributed by atoms with Crippen LogP contribution in [0.3, 0.4) is 0 Å². The lowest BCUT2D eigenvalue weighted by Crippen LogP contribution is -2.12. The number of ether oxygens (including phenoxy) is 1. The van der Waals surface area contributed by atoms with E-state index in [9.17, 15) is 23.1 Å². The third kappa shape index (κ3) is 3.83. The van der Waals surface area contributed by atoms with Crippen LogP contribution in [0.4, 0.5) is 13.2 Å². The minimum Gasteiger partial charge on any atom is -0.506 e. The van der Waals surface area contributed by atoms with Gasteiger partial charge in [-0.25, -0.2) is 0 Å². The molecular weight excluding hydrogens is 347 g/mol. The Bertz CT molecular complexity index is 812. The highest BCUT2D eigenvalue weighted by atomic mass is 19.4. The number of Topliss-reactive ketones (excluding diaryl/α,β-unsaturated/α-hetero) is 1. The van der Waals surface area contributed by atoms with Crippen LogP contribution in [0.15, 0.2) is 36.4 Å². The molecule has 2 aromatic rings. The van der Waals surface area contributed by atoms with Crippen LogP contribution in [-0.2, 0) is 19.3 Å². The molecule has 4 nitrogen and oxygen atoms in total. The number of carbonyl (C=O) groups excluding carboxylic acids is 1. The standard InChI is InChI=1S/C19H18F3NO3/c20-19(21,22)16-15(26-10-12-3-1-11(9-23)2-4-12)8-7-14(18(16)25)17(24)13-5-6-13/h1-4,7-8,13,25H,5-6,9-10,23H2. The molecule has 0 radical (unpaired) electrons. The molecule has 0 bridgehead atoms. The number of aromatic hydroxyl groups is 1. The second kappa shape index (κ2) is 6.99. The van der Waals surface area contributed by atoms with Gasteiger partial charge in [0.15, 0.2) is 5.78 Å². The Morgan fingerprint density at radius 2 is 1.73 bits per heavy atom. The molecule has 138 valence electrons. The minimum atomic E-state index is -4.84. The highest BCUT2D eigenvalue weighted by molar-refractivity contribution is 6.02. The van der Waals surface area contributed by atoms with Gasteiger partial charge in [0.05, 0.1) is 5.56 Å². The molecule has 0 spiro atoms. The molecule has 0 aliphatic heterocycles. The van der Waals surface area contributed by atoms with E-state index in [1.54, 1.807) is 24.3 Å². The molecule has 3 N–H and O–H groups in total. The van der Waals surface area contributed by atoms with Gasteiger partial charge >= 0.3 is 6.18 Å². The molecule has 1 saturated carbocycles. The Hall–Kier alpha value is -2.54. The molecule has 0 heterocycles. The fourth-order valence-electron chi connectivity index (χ4n) is 2.66. The number of benzene rings is 2. The number of carbonyl (C=O) groups is 1. The normalized spacial score (nSPS) is 14.3. The number of phenols is 1. The minimum absolute atomic E-state index is 0.108. The van der Waals surface area contributed by atoms with Gasteiger partial charge in [0.25, 0.3) is 0 Å². The summed E-state index contributed by atoms with van der Waals surface area (Å²) in [6.45, 7) is 0.257. The van der Waals surface area contributed by atoms with Crippen LogP contribution in [0.25, 0.3) is 0 Å². The SMILES string of the molecule is NCc1ccc(COc2ccc(C(=O)C3CC3)c(O)c2C(F)(F)F)cc1. The number of rotatable bonds is 6. The van der Waals surface area contributed by atoms with Crippen molar-refractivity contribution < 1.29 is 27.8 Å². The summed E-state index contributed by atoms with van der Waals surface area (Å²) in [5.74, 6) is -2.33. The van der Waals surface area contributed by atoms with Gasteiger partial charge in [-0.2, -0.15) is 13.2 Å². The second-order valence-corrected chi connectivity index (χ2v) is 6.28. The molecule has 1 fully saturated rings. The van der Waals surface area contributed by atoms with Gasteiger partial charge in [0, 0.05) is 12.5 Å². The van der Waals surface area contributed by atoms with Crippen molar-refractivity contribution in [2.75, 3.05) is 0 Å². The topological polar surface area (TPSA) is 72.5 Å². The van der Waals surface area contributed by atoms with E-state index in [0.717, 1.165) is 11.6 Å². The Labute approximate surface area is 148 Å². The monoisotopic (exact) mass is 365 g/mol. The second-order valence-electron chi connectivity index (χ2n) is 6.28. The highest BCUT2D eigenvalue weighted by Gasteiger charge is 2.41. The maximum absolute atomic E-state index is 13.4. The molecule has 0 atom stereocenters. The summed E-state index contributed by atoms with van der Waals surface area (Å²) >= 11 is 0. The average molecular weight is 365 g/mol. The third-order valence-corrected chi connectivity index (χ3v) is 4.29. The van der Waals surface area contributed by atoms with Crippen molar-refractivity contribution in [3.05, 3.63) is 58.7 Å². The lowest BCUT2D eigenvalue weighted by Gasteiger charge is -2.17. The highest BCUT2D eigenvalue weighted by Crippen LogP contribution is 2.45. The van der Waals surface area contributed by atoms with E-state index in [1.165, 1.54) is 6.07 Å². The van der Waals surface area contributed by atoms with Gasteiger partial charge in [0.1, 0.15) is 23.7 Å². The molecule has 1 aliphatic carbocycles. The van der Waals surface area contributed by atoms with Crippen LogP contribution in [0.5, 0.6) is 11.5 Å². The molecule has 26 heavy (non-hydrogen) atoms.